The highest BCUT2D eigenvalue weighted by Gasteiger charge is 2.49. The van der Waals surface area contributed by atoms with Gasteiger partial charge in [-0.15, -0.1) is 0 Å². The summed E-state index contributed by atoms with van der Waals surface area (Å²) in [6.07, 6.45) is 1.07. The molecule has 11 heteroatoms. The van der Waals surface area contributed by atoms with Gasteiger partial charge in [-0.1, -0.05) is 24.3 Å². The van der Waals surface area contributed by atoms with E-state index in [9.17, 15) is 26.4 Å². The first-order chi connectivity index (χ1) is 15.0. The third kappa shape index (κ3) is 5.45. The Morgan fingerprint density at radius 2 is 1.75 bits per heavy atom. The van der Waals surface area contributed by atoms with E-state index in [1.165, 1.54) is 6.07 Å². The van der Waals surface area contributed by atoms with Gasteiger partial charge in [0, 0.05) is 32.4 Å². The summed E-state index contributed by atoms with van der Waals surface area (Å²) in [5, 5.41) is 1.21. The van der Waals surface area contributed by atoms with Crippen molar-refractivity contribution in [2.75, 3.05) is 13.1 Å². The van der Waals surface area contributed by atoms with Gasteiger partial charge in [-0.25, -0.2) is 13.4 Å². The van der Waals surface area contributed by atoms with Crippen molar-refractivity contribution in [1.82, 2.24) is 15.2 Å². The number of hydrogen-bond acceptors (Lipinski definition) is 6. The number of morpholine rings is 1. The molecule has 0 saturated carbocycles. The second-order valence-electron chi connectivity index (χ2n) is 7.71. The summed E-state index contributed by atoms with van der Waals surface area (Å²) in [5.41, 5.74) is -4.49. The van der Waals surface area contributed by atoms with Crippen LogP contribution in [0.5, 0.6) is 0 Å². The van der Waals surface area contributed by atoms with Gasteiger partial charge in [0.25, 0.3) is 15.7 Å². The molecule has 1 aromatic heterocycles. The van der Waals surface area contributed by atoms with E-state index in [2.05, 4.69) is 15.2 Å². The third-order valence-corrected chi connectivity index (χ3v) is 6.47. The largest absolute Gasteiger partial charge is 0.503 e. The van der Waals surface area contributed by atoms with E-state index >= 15 is 0 Å². The Balaban J connectivity index is 1.76. The zero-order valence-electron chi connectivity index (χ0n) is 17.6. The Morgan fingerprint density at radius 3 is 2.38 bits per heavy atom. The molecule has 174 valence electrons. The molecular formula is C21H24F3N3O4S. The quantitative estimate of drug-likeness (QED) is 0.697. The minimum atomic E-state index is -5.76. The predicted molar refractivity (Wildman–Crippen MR) is 110 cm³/mol. The molecule has 0 aliphatic carbocycles. The number of halogens is 3. The maximum atomic E-state index is 13.0. The van der Waals surface area contributed by atoms with Crippen molar-refractivity contribution in [2.24, 2.45) is 0 Å². The SMILES string of the molecule is CC1CN(Cc2ccccc2CNC(=O)c2cccnc2S(=O)(=O)C(F)(F)F)CC(C)O1. The average molecular weight is 472 g/mol. The summed E-state index contributed by atoms with van der Waals surface area (Å²) in [7, 11) is -5.76. The first-order valence-electron chi connectivity index (χ1n) is 9.98. The molecule has 32 heavy (non-hydrogen) atoms. The lowest BCUT2D eigenvalue weighted by Crippen LogP contribution is -2.45. The van der Waals surface area contributed by atoms with Crippen molar-refractivity contribution in [3.8, 4) is 0 Å². The number of ether oxygens (including phenoxy) is 1. The molecule has 2 atom stereocenters. The molecule has 0 bridgehead atoms. The number of rotatable bonds is 6. The number of pyridine rings is 1. The number of nitrogens with zero attached hydrogens (tertiary/aromatic N) is 2. The highest BCUT2D eigenvalue weighted by Crippen LogP contribution is 2.30. The summed E-state index contributed by atoms with van der Waals surface area (Å²) in [4.78, 5) is 18.1. The van der Waals surface area contributed by atoms with Crippen LogP contribution in [0.15, 0.2) is 47.6 Å². The molecule has 1 amide bonds. The second-order valence-corrected chi connectivity index (χ2v) is 9.56. The number of alkyl halides is 3. The molecule has 2 aromatic rings. The summed E-state index contributed by atoms with van der Waals surface area (Å²) >= 11 is 0. The Morgan fingerprint density at radius 1 is 1.12 bits per heavy atom. The predicted octanol–water partition coefficient (Wildman–Crippen LogP) is 2.91. The van der Waals surface area contributed by atoms with Crippen LogP contribution in [0.3, 0.4) is 0 Å². The van der Waals surface area contributed by atoms with Crippen LogP contribution in [-0.2, 0) is 27.7 Å². The van der Waals surface area contributed by atoms with Gasteiger partial charge in [0.1, 0.15) is 0 Å². The second kappa shape index (κ2) is 9.55. The van der Waals surface area contributed by atoms with Crippen molar-refractivity contribution < 1.29 is 31.1 Å². The molecule has 1 aromatic carbocycles. The minimum Gasteiger partial charge on any atom is -0.373 e. The molecule has 3 rings (SSSR count). The van der Waals surface area contributed by atoms with E-state index < -0.39 is 31.8 Å². The summed E-state index contributed by atoms with van der Waals surface area (Å²) < 4.78 is 68.3. The Labute approximate surface area is 184 Å². The lowest BCUT2D eigenvalue weighted by molar-refractivity contribution is -0.0705. The maximum absolute atomic E-state index is 13.0. The summed E-state index contributed by atoms with van der Waals surface area (Å²) in [6, 6.07) is 9.58. The van der Waals surface area contributed by atoms with Gasteiger partial charge >= 0.3 is 5.51 Å². The monoisotopic (exact) mass is 471 g/mol. The number of carbonyl (C=O) groups excluding carboxylic acids is 1. The number of benzene rings is 1. The van der Waals surface area contributed by atoms with E-state index in [-0.39, 0.29) is 18.8 Å². The van der Waals surface area contributed by atoms with Gasteiger partial charge in [0.2, 0.25) is 0 Å². The molecule has 0 radical (unpaired) electrons. The van der Waals surface area contributed by atoms with E-state index in [0.717, 1.165) is 36.5 Å². The van der Waals surface area contributed by atoms with Crippen LogP contribution < -0.4 is 5.32 Å². The topological polar surface area (TPSA) is 88.6 Å². The number of hydrogen-bond donors (Lipinski definition) is 1. The van der Waals surface area contributed by atoms with Crippen LogP contribution in [0.25, 0.3) is 0 Å². The highest BCUT2D eigenvalue weighted by atomic mass is 32.2. The van der Waals surface area contributed by atoms with Crippen molar-refractivity contribution in [2.45, 2.75) is 49.7 Å². The number of amides is 1. The van der Waals surface area contributed by atoms with E-state index in [0.29, 0.717) is 6.54 Å². The average Bonchev–Trinajstić information content (AvgIpc) is 2.71. The molecule has 2 unspecified atom stereocenters. The van der Waals surface area contributed by atoms with Crippen LogP contribution in [0.4, 0.5) is 13.2 Å². The van der Waals surface area contributed by atoms with Gasteiger partial charge in [-0.05, 0) is 37.1 Å². The fraction of sp³-hybridized carbons (Fsp3) is 0.429. The number of nitrogens with one attached hydrogen (secondary N) is 1. The van der Waals surface area contributed by atoms with Crippen LogP contribution >= 0.6 is 0 Å². The Hall–Kier alpha value is -2.50. The van der Waals surface area contributed by atoms with Gasteiger partial charge in [-0.3, -0.25) is 9.69 Å². The third-order valence-electron chi connectivity index (χ3n) is 5.02. The molecule has 7 nitrogen and oxygen atoms in total. The van der Waals surface area contributed by atoms with Gasteiger partial charge in [0.15, 0.2) is 5.03 Å². The molecule has 2 heterocycles. The first kappa shape index (κ1) is 24.1. The summed E-state index contributed by atoms with van der Waals surface area (Å²) in [5.74, 6) is -0.954. The van der Waals surface area contributed by atoms with Crippen LogP contribution in [0.1, 0.15) is 35.3 Å². The van der Waals surface area contributed by atoms with Crippen LogP contribution in [-0.4, -0.2) is 55.0 Å². The normalized spacial score (nSPS) is 20.2. The van der Waals surface area contributed by atoms with Gasteiger partial charge in [0.05, 0.1) is 17.8 Å². The van der Waals surface area contributed by atoms with Gasteiger partial charge < -0.3 is 10.1 Å². The highest BCUT2D eigenvalue weighted by molar-refractivity contribution is 7.92. The zero-order chi connectivity index (χ0) is 23.5. The number of carbonyl (C=O) groups is 1. The molecule has 0 spiro atoms. The molecule has 1 aliphatic rings. The Kier molecular flexibility index (Phi) is 7.21. The van der Waals surface area contributed by atoms with Crippen molar-refractivity contribution in [3.05, 3.63) is 59.3 Å². The number of sulfone groups is 1. The van der Waals surface area contributed by atoms with E-state index in [4.69, 9.17) is 4.74 Å². The van der Waals surface area contributed by atoms with Crippen LogP contribution in [0, 0.1) is 0 Å². The molecular weight excluding hydrogens is 447 g/mol. The fourth-order valence-corrected chi connectivity index (χ4v) is 4.57. The smallest absolute Gasteiger partial charge is 0.373 e. The van der Waals surface area contributed by atoms with Crippen molar-refractivity contribution in [3.63, 3.8) is 0 Å². The first-order valence-corrected chi connectivity index (χ1v) is 11.5. The molecule has 1 saturated heterocycles. The van der Waals surface area contributed by atoms with Gasteiger partial charge in [-0.2, -0.15) is 13.2 Å². The van der Waals surface area contributed by atoms with E-state index in [1.807, 2.05) is 26.0 Å². The number of aromatic nitrogens is 1. The summed E-state index contributed by atoms with van der Waals surface area (Å²) in [6.45, 7) is 6.12. The zero-order valence-corrected chi connectivity index (χ0v) is 18.4. The van der Waals surface area contributed by atoms with Crippen molar-refractivity contribution in [1.29, 1.82) is 0 Å². The standard InChI is InChI=1S/C21H24F3N3O4S/c1-14-11-27(12-15(2)31-14)13-17-7-4-3-6-16(17)10-26-19(28)18-8-5-9-25-20(18)32(29,30)21(22,23)24/h3-9,14-15H,10-13H2,1-2H3,(H,26,28). The molecule has 1 fully saturated rings. The molecule has 1 aliphatic heterocycles. The minimum absolute atomic E-state index is 0.0187. The van der Waals surface area contributed by atoms with Crippen LogP contribution in [0.2, 0.25) is 0 Å². The van der Waals surface area contributed by atoms with E-state index in [1.54, 1.807) is 12.1 Å². The van der Waals surface area contributed by atoms with Crippen molar-refractivity contribution >= 4 is 15.7 Å². The Bertz CT molecular complexity index is 1070. The fourth-order valence-electron chi connectivity index (χ4n) is 3.70. The maximum Gasteiger partial charge on any atom is 0.503 e. The lowest BCUT2D eigenvalue weighted by atomic mass is 10.1. The molecule has 1 N–H and O–H groups in total. The lowest BCUT2D eigenvalue weighted by Gasteiger charge is -2.35.